The molecule has 1 aliphatic carbocycles. The highest BCUT2D eigenvalue weighted by atomic mass is 16.5. The number of nitrogens with two attached hydrogens (primary N) is 1. The Hall–Kier alpha value is -3.09. The number of hydrogen-bond donors (Lipinski definition) is 2. The molecule has 0 spiro atoms. The number of carbonyl (C=O) groups excluding carboxylic acids is 1. The lowest BCUT2D eigenvalue weighted by atomic mass is 10.1. The van der Waals surface area contributed by atoms with Crippen LogP contribution in [0.15, 0.2) is 34.9 Å². The Morgan fingerprint density at radius 2 is 2.08 bits per heavy atom. The molecule has 7 nitrogen and oxygen atoms in total. The predicted molar refractivity (Wildman–Crippen MR) is 97.3 cm³/mol. The van der Waals surface area contributed by atoms with Gasteiger partial charge in [-0.3, -0.25) is 9.78 Å². The molecule has 0 radical (unpaired) electrons. The summed E-state index contributed by atoms with van der Waals surface area (Å²) in [6.45, 7) is 0. The van der Waals surface area contributed by atoms with Crippen LogP contribution in [0.5, 0.6) is 11.5 Å². The fraction of sp³-hybridized carbons (Fsp3) is 0.316. The second kappa shape index (κ2) is 6.67. The first-order valence-corrected chi connectivity index (χ1v) is 8.70. The number of rotatable bonds is 4. The van der Waals surface area contributed by atoms with Crippen LogP contribution < -0.4 is 15.8 Å². The maximum Gasteiger partial charge on any atom is 0.269 e. The highest BCUT2D eigenvalue weighted by Gasteiger charge is 2.23. The monoisotopic (exact) mass is 352 g/mol. The molecule has 2 aromatic heterocycles. The number of ether oxygens (including phenoxy) is 1. The smallest absolute Gasteiger partial charge is 0.269 e. The average Bonchev–Trinajstić information content (AvgIpc) is 3.30. The topological polar surface area (TPSA) is 103 Å². The van der Waals surface area contributed by atoms with Crippen LogP contribution in [0.2, 0.25) is 0 Å². The SMILES string of the molecule is CNC(=O)c1cc(Oc2cc(N)c3nc(C4CCCC4)oc3c2)ccn1. The van der Waals surface area contributed by atoms with E-state index in [1.807, 2.05) is 0 Å². The second-order valence-electron chi connectivity index (χ2n) is 6.45. The summed E-state index contributed by atoms with van der Waals surface area (Å²) in [5.74, 6) is 1.88. The Labute approximate surface area is 150 Å². The molecule has 1 fully saturated rings. The van der Waals surface area contributed by atoms with Gasteiger partial charge in [-0.05, 0) is 18.9 Å². The van der Waals surface area contributed by atoms with Gasteiger partial charge in [0.2, 0.25) is 0 Å². The van der Waals surface area contributed by atoms with Crippen molar-refractivity contribution in [3.8, 4) is 11.5 Å². The van der Waals surface area contributed by atoms with Gasteiger partial charge in [0.15, 0.2) is 11.5 Å². The molecular formula is C19H20N4O3. The molecule has 1 amide bonds. The van der Waals surface area contributed by atoms with E-state index in [1.165, 1.54) is 19.0 Å². The van der Waals surface area contributed by atoms with Crippen LogP contribution in [0.1, 0.15) is 48.0 Å². The van der Waals surface area contributed by atoms with Crippen molar-refractivity contribution in [1.82, 2.24) is 15.3 Å². The molecule has 1 aromatic carbocycles. The summed E-state index contributed by atoms with van der Waals surface area (Å²) in [5.41, 5.74) is 8.21. The molecule has 7 heteroatoms. The van der Waals surface area contributed by atoms with Gasteiger partial charge in [-0.15, -0.1) is 0 Å². The largest absolute Gasteiger partial charge is 0.457 e. The normalized spacial score (nSPS) is 14.7. The van der Waals surface area contributed by atoms with Crippen LogP contribution in [0, 0.1) is 0 Å². The Kier molecular flexibility index (Phi) is 4.20. The first-order valence-electron chi connectivity index (χ1n) is 8.70. The standard InChI is InChI=1S/C19H20N4O3/c1-21-18(24)15-9-12(6-7-22-15)25-13-8-14(20)17-16(10-13)26-19(23-17)11-4-2-3-5-11/h6-11H,2-5,20H2,1H3,(H,21,24). The minimum atomic E-state index is -0.276. The summed E-state index contributed by atoms with van der Waals surface area (Å²) >= 11 is 0. The molecule has 3 aromatic rings. The number of nitrogens with one attached hydrogen (secondary N) is 1. The van der Waals surface area contributed by atoms with Gasteiger partial charge in [-0.1, -0.05) is 12.8 Å². The van der Waals surface area contributed by atoms with E-state index in [0.29, 0.717) is 34.2 Å². The van der Waals surface area contributed by atoms with Gasteiger partial charge < -0.3 is 20.2 Å². The molecule has 3 N–H and O–H groups in total. The summed E-state index contributed by atoms with van der Waals surface area (Å²) in [5, 5.41) is 2.53. The number of benzene rings is 1. The summed E-state index contributed by atoms with van der Waals surface area (Å²) in [6.07, 6.45) is 6.16. The van der Waals surface area contributed by atoms with Gasteiger partial charge in [0.25, 0.3) is 5.91 Å². The molecule has 0 bridgehead atoms. The molecule has 0 atom stereocenters. The number of pyridine rings is 1. The molecule has 0 aliphatic heterocycles. The van der Waals surface area contributed by atoms with Crippen molar-refractivity contribution < 1.29 is 13.9 Å². The number of fused-ring (bicyclic) bond motifs is 1. The number of anilines is 1. The van der Waals surface area contributed by atoms with Gasteiger partial charge in [0.1, 0.15) is 22.7 Å². The highest BCUT2D eigenvalue weighted by molar-refractivity contribution is 5.92. The summed E-state index contributed by atoms with van der Waals surface area (Å²) < 4.78 is 11.8. The van der Waals surface area contributed by atoms with Crippen molar-refractivity contribution >= 4 is 22.7 Å². The van der Waals surface area contributed by atoms with E-state index in [-0.39, 0.29) is 11.6 Å². The van der Waals surface area contributed by atoms with Crippen LogP contribution in [-0.4, -0.2) is 22.9 Å². The molecule has 4 rings (SSSR count). The van der Waals surface area contributed by atoms with E-state index in [9.17, 15) is 4.79 Å². The van der Waals surface area contributed by atoms with Gasteiger partial charge in [0, 0.05) is 37.4 Å². The molecule has 26 heavy (non-hydrogen) atoms. The van der Waals surface area contributed by atoms with E-state index >= 15 is 0 Å². The lowest BCUT2D eigenvalue weighted by Gasteiger charge is -2.07. The minimum absolute atomic E-state index is 0.276. The van der Waals surface area contributed by atoms with Crippen molar-refractivity contribution in [2.75, 3.05) is 12.8 Å². The molecular weight excluding hydrogens is 332 g/mol. The third kappa shape index (κ3) is 3.08. The van der Waals surface area contributed by atoms with Crippen molar-refractivity contribution in [2.45, 2.75) is 31.6 Å². The van der Waals surface area contributed by atoms with Gasteiger partial charge >= 0.3 is 0 Å². The number of nitrogens with zero attached hydrogens (tertiary/aromatic N) is 2. The van der Waals surface area contributed by atoms with Crippen LogP contribution >= 0.6 is 0 Å². The van der Waals surface area contributed by atoms with E-state index in [0.717, 1.165) is 18.7 Å². The summed E-state index contributed by atoms with van der Waals surface area (Å²) in [6, 6.07) is 6.74. The third-order valence-electron chi connectivity index (χ3n) is 4.65. The maximum atomic E-state index is 11.7. The predicted octanol–water partition coefficient (Wildman–Crippen LogP) is 3.61. The van der Waals surface area contributed by atoms with Crippen LogP contribution in [-0.2, 0) is 0 Å². The quantitative estimate of drug-likeness (QED) is 0.695. The second-order valence-corrected chi connectivity index (χ2v) is 6.45. The Bertz CT molecular complexity index is 961. The van der Waals surface area contributed by atoms with Gasteiger partial charge in [0.05, 0.1) is 5.69 Å². The van der Waals surface area contributed by atoms with Crippen LogP contribution in [0.25, 0.3) is 11.1 Å². The average molecular weight is 352 g/mol. The van der Waals surface area contributed by atoms with E-state index in [4.69, 9.17) is 14.9 Å². The zero-order valence-corrected chi connectivity index (χ0v) is 14.5. The number of oxazole rings is 1. The van der Waals surface area contributed by atoms with Crippen molar-refractivity contribution in [2.24, 2.45) is 0 Å². The minimum Gasteiger partial charge on any atom is -0.457 e. The molecule has 0 unspecified atom stereocenters. The number of hydrogen-bond acceptors (Lipinski definition) is 6. The fourth-order valence-corrected chi connectivity index (χ4v) is 3.32. The first kappa shape index (κ1) is 16.4. The Morgan fingerprint density at radius 3 is 2.85 bits per heavy atom. The number of amides is 1. The summed E-state index contributed by atoms with van der Waals surface area (Å²) in [7, 11) is 1.55. The first-order chi connectivity index (χ1) is 12.6. The van der Waals surface area contributed by atoms with E-state index in [2.05, 4.69) is 15.3 Å². The third-order valence-corrected chi connectivity index (χ3v) is 4.65. The highest BCUT2D eigenvalue weighted by Crippen LogP contribution is 2.37. The van der Waals surface area contributed by atoms with Crippen LogP contribution in [0.3, 0.4) is 0 Å². The van der Waals surface area contributed by atoms with E-state index < -0.39 is 0 Å². The Balaban J connectivity index is 1.63. The zero-order valence-electron chi connectivity index (χ0n) is 14.5. The lowest BCUT2D eigenvalue weighted by molar-refractivity contribution is 0.0958. The van der Waals surface area contributed by atoms with Crippen molar-refractivity contribution in [1.29, 1.82) is 0 Å². The zero-order chi connectivity index (χ0) is 18.1. The molecule has 1 aliphatic rings. The molecule has 2 heterocycles. The number of carbonyl (C=O) groups is 1. The van der Waals surface area contributed by atoms with Crippen molar-refractivity contribution in [3.63, 3.8) is 0 Å². The summed E-state index contributed by atoms with van der Waals surface area (Å²) in [4.78, 5) is 20.3. The van der Waals surface area contributed by atoms with E-state index in [1.54, 1.807) is 31.3 Å². The lowest BCUT2D eigenvalue weighted by Crippen LogP contribution is -2.18. The maximum absolute atomic E-state index is 11.7. The molecule has 1 saturated carbocycles. The van der Waals surface area contributed by atoms with Crippen molar-refractivity contribution in [3.05, 3.63) is 42.0 Å². The van der Waals surface area contributed by atoms with Gasteiger partial charge in [-0.25, -0.2) is 4.98 Å². The van der Waals surface area contributed by atoms with Gasteiger partial charge in [-0.2, -0.15) is 0 Å². The Morgan fingerprint density at radius 1 is 1.27 bits per heavy atom. The number of aromatic nitrogens is 2. The molecule has 134 valence electrons. The fourth-order valence-electron chi connectivity index (χ4n) is 3.32. The molecule has 0 saturated heterocycles. The van der Waals surface area contributed by atoms with Crippen LogP contribution in [0.4, 0.5) is 5.69 Å². The number of nitrogen functional groups attached to an aromatic ring is 1.